The maximum Gasteiger partial charge on any atom is 0.408 e. The molecule has 3 rings (SSSR count). The van der Waals surface area contributed by atoms with E-state index in [0.29, 0.717) is 33.4 Å². The highest BCUT2D eigenvalue weighted by Crippen LogP contribution is 2.14. The summed E-state index contributed by atoms with van der Waals surface area (Å²) in [4.78, 5) is 88.0. The molecule has 0 aliphatic carbocycles. The number of benzene rings is 3. The number of nitrogens with one attached hydrogen (secondary N) is 6. The molecule has 18 heteroatoms. The summed E-state index contributed by atoms with van der Waals surface area (Å²) in [6.45, 7) is 20.5. The smallest absolute Gasteiger partial charge is 0.408 e. The lowest BCUT2D eigenvalue weighted by Gasteiger charge is -2.19. The predicted molar refractivity (Wildman–Crippen MR) is 294 cm³/mol. The highest BCUT2D eigenvalue weighted by Gasteiger charge is 2.18. The third kappa shape index (κ3) is 27.2. The highest BCUT2D eigenvalue weighted by molar-refractivity contribution is 5.96. The van der Waals surface area contributed by atoms with Gasteiger partial charge in [-0.3, -0.25) is 9.59 Å². The van der Waals surface area contributed by atoms with E-state index < -0.39 is 64.6 Å². The molecule has 0 heterocycles. The second kappa shape index (κ2) is 29.6. The van der Waals surface area contributed by atoms with Gasteiger partial charge in [0.25, 0.3) is 11.8 Å². The lowest BCUT2D eigenvalue weighted by molar-refractivity contribution is 0.0523. The zero-order valence-electron chi connectivity index (χ0n) is 46.3. The second-order valence-electron chi connectivity index (χ2n) is 20.5. The van der Waals surface area contributed by atoms with Crippen LogP contribution in [0.2, 0.25) is 0 Å². The summed E-state index contributed by atoms with van der Waals surface area (Å²) in [5, 5.41) is 15.7. The fourth-order valence-electron chi connectivity index (χ4n) is 5.87. The Labute approximate surface area is 457 Å². The zero-order chi connectivity index (χ0) is 58.1. The van der Waals surface area contributed by atoms with Crippen LogP contribution in [0.1, 0.15) is 148 Å². The average Bonchev–Trinajstić information content (AvgIpc) is 3.32. The van der Waals surface area contributed by atoms with Crippen molar-refractivity contribution in [3.8, 4) is 71.0 Å². The summed E-state index contributed by atoms with van der Waals surface area (Å²) in [5.41, 5.74) is 0.229. The Morgan fingerprint density at radius 2 is 0.538 bits per heavy atom. The number of carbonyl (C=O) groups excluding carboxylic acids is 7. The van der Waals surface area contributed by atoms with Gasteiger partial charge < -0.3 is 55.6 Å². The maximum absolute atomic E-state index is 13.5. The van der Waals surface area contributed by atoms with Crippen molar-refractivity contribution in [1.29, 1.82) is 0 Å². The van der Waals surface area contributed by atoms with E-state index in [1.807, 2.05) is 0 Å². The fourth-order valence-corrected chi connectivity index (χ4v) is 5.87. The normalized spacial score (nSPS) is 10.4. The molecule has 0 atom stereocenters. The molecule has 3 aromatic rings. The molecule has 0 radical (unpaired) electrons. The van der Waals surface area contributed by atoms with E-state index in [0.717, 1.165) is 0 Å². The van der Waals surface area contributed by atoms with E-state index in [4.69, 9.17) is 23.7 Å². The summed E-state index contributed by atoms with van der Waals surface area (Å²) >= 11 is 0. The Balaban J connectivity index is 1.81. The number of hydrogen-bond donors (Lipinski definition) is 6. The lowest BCUT2D eigenvalue weighted by atomic mass is 10.0. The molecule has 78 heavy (non-hydrogen) atoms. The van der Waals surface area contributed by atoms with Crippen LogP contribution in [0.15, 0.2) is 54.6 Å². The number of carbonyl (C=O) groups is 7. The minimum absolute atomic E-state index is 0.0341. The molecule has 0 aliphatic heterocycles. The van der Waals surface area contributed by atoms with Crippen LogP contribution in [-0.4, -0.2) is 111 Å². The average molecular weight is 1060 g/mol. The molecule has 3 aromatic carbocycles. The van der Waals surface area contributed by atoms with Gasteiger partial charge in [-0.25, -0.2) is 24.0 Å². The van der Waals surface area contributed by atoms with Crippen LogP contribution >= 0.6 is 0 Å². The number of ether oxygens (including phenoxy) is 5. The Hall–Kier alpha value is -9.49. The van der Waals surface area contributed by atoms with Crippen LogP contribution in [0, 0.1) is 71.0 Å². The zero-order valence-corrected chi connectivity index (χ0v) is 46.3. The van der Waals surface area contributed by atoms with Crippen LogP contribution < -0.4 is 31.9 Å². The van der Waals surface area contributed by atoms with Crippen molar-refractivity contribution in [2.24, 2.45) is 0 Å². The molecule has 0 fully saturated rings. The van der Waals surface area contributed by atoms with Crippen molar-refractivity contribution < 1.29 is 57.2 Å². The standard InChI is InChI=1S/C60H66N6O12/c1-57(2,3)75-53(70)63-28-16-22-41-32-42(23-17-29-64-54(71)76-58(4,5)6)36-47(35-41)50(67)61-26-14-20-45-34-46(40-49(39-45)52(69)74-13)21-15-27-62-51(68)48-37-43(24-18-30-65-55(72)77-59(7,8)9)33-44(38-48)25-19-31-66-56(73)78-60(10,11)12/h32-40H,26-31H2,1-13H3,(H,61,67)(H,62,68)(H,63,70)(H,64,71)(H,65,72)(H,66,73). The van der Waals surface area contributed by atoms with E-state index in [-0.39, 0.29) is 56.0 Å². The first-order valence-electron chi connectivity index (χ1n) is 24.4. The third-order valence-corrected chi connectivity index (χ3v) is 8.70. The van der Waals surface area contributed by atoms with Gasteiger partial charge >= 0.3 is 30.3 Å². The molecule has 408 valence electrons. The topological polar surface area (TPSA) is 238 Å². The minimum Gasteiger partial charge on any atom is -0.465 e. The third-order valence-electron chi connectivity index (χ3n) is 8.70. The van der Waals surface area contributed by atoms with Crippen LogP contribution in [0.5, 0.6) is 0 Å². The molecule has 0 aliphatic rings. The van der Waals surface area contributed by atoms with Crippen molar-refractivity contribution in [3.05, 3.63) is 105 Å². The van der Waals surface area contributed by atoms with Gasteiger partial charge in [-0.15, -0.1) is 0 Å². The number of rotatable bonds is 9. The molecular weight excluding hydrogens is 997 g/mol. The van der Waals surface area contributed by atoms with Gasteiger partial charge in [-0.1, -0.05) is 71.0 Å². The van der Waals surface area contributed by atoms with E-state index in [1.165, 1.54) is 19.2 Å². The molecule has 0 unspecified atom stereocenters. The van der Waals surface area contributed by atoms with Crippen molar-refractivity contribution in [1.82, 2.24) is 31.9 Å². The predicted octanol–water partition coefficient (Wildman–Crippen LogP) is 6.54. The highest BCUT2D eigenvalue weighted by atomic mass is 16.6. The van der Waals surface area contributed by atoms with Gasteiger partial charge in [0.1, 0.15) is 22.4 Å². The van der Waals surface area contributed by atoms with Crippen molar-refractivity contribution in [3.63, 3.8) is 0 Å². The van der Waals surface area contributed by atoms with E-state index >= 15 is 0 Å². The van der Waals surface area contributed by atoms with Gasteiger partial charge in [-0.2, -0.15) is 0 Å². The van der Waals surface area contributed by atoms with Gasteiger partial charge in [0, 0.05) is 44.5 Å². The minimum atomic E-state index is -0.692. The van der Waals surface area contributed by atoms with Crippen molar-refractivity contribution >= 4 is 42.2 Å². The molecule has 0 saturated heterocycles. The summed E-state index contributed by atoms with van der Waals surface area (Å²) in [7, 11) is 1.23. The van der Waals surface area contributed by atoms with E-state index in [2.05, 4.69) is 103 Å². The Morgan fingerprint density at radius 1 is 0.333 bits per heavy atom. The van der Waals surface area contributed by atoms with Crippen molar-refractivity contribution in [2.75, 3.05) is 46.4 Å². The van der Waals surface area contributed by atoms with Crippen LogP contribution in [0.3, 0.4) is 0 Å². The number of alkyl carbamates (subject to hydrolysis) is 4. The molecule has 0 aromatic heterocycles. The first-order chi connectivity index (χ1) is 36.5. The SMILES string of the molecule is COC(=O)c1cc(C#CCNC(=O)c2cc(C#CCNC(=O)OC(C)(C)C)cc(C#CCNC(=O)OC(C)(C)C)c2)cc(C#CCNC(=O)c2cc(C#CCNC(=O)OC(C)(C)C)cc(C#CCNC(=O)OC(C)(C)C)c2)c1. The number of methoxy groups -OCH3 is 1. The molecule has 0 spiro atoms. The monoisotopic (exact) mass is 1060 g/mol. The number of amides is 6. The first kappa shape index (κ1) is 62.8. The summed E-state index contributed by atoms with van der Waals surface area (Å²) in [6.07, 6.45) is -2.55. The van der Waals surface area contributed by atoms with Gasteiger partial charge in [0.05, 0.1) is 51.9 Å². The Bertz CT molecular complexity index is 2800. The first-order valence-corrected chi connectivity index (χ1v) is 24.4. The maximum atomic E-state index is 13.5. The molecule has 6 amide bonds. The molecule has 6 N–H and O–H groups in total. The largest absolute Gasteiger partial charge is 0.465 e. The number of hydrogen-bond acceptors (Lipinski definition) is 12. The lowest BCUT2D eigenvalue weighted by Crippen LogP contribution is -2.32. The van der Waals surface area contributed by atoms with Gasteiger partial charge in [0.15, 0.2) is 0 Å². The quantitative estimate of drug-likeness (QED) is 0.0761. The fraction of sp³-hybridized carbons (Fsp3) is 0.383. The molecule has 0 saturated carbocycles. The summed E-state index contributed by atoms with van der Waals surface area (Å²) in [6, 6.07) is 14.1. The molecular formula is C60H66N6O12. The summed E-state index contributed by atoms with van der Waals surface area (Å²) < 4.78 is 25.9. The molecule has 0 bridgehead atoms. The Kier molecular flexibility index (Phi) is 23.8. The van der Waals surface area contributed by atoms with Crippen LogP contribution in [0.4, 0.5) is 19.2 Å². The van der Waals surface area contributed by atoms with E-state index in [9.17, 15) is 33.6 Å². The molecule has 18 nitrogen and oxygen atoms in total. The Morgan fingerprint density at radius 3 is 0.744 bits per heavy atom. The van der Waals surface area contributed by atoms with Crippen LogP contribution in [-0.2, 0) is 23.7 Å². The van der Waals surface area contributed by atoms with Gasteiger partial charge in [0.2, 0.25) is 0 Å². The number of esters is 1. The van der Waals surface area contributed by atoms with Gasteiger partial charge in [-0.05, 0) is 138 Å². The summed E-state index contributed by atoms with van der Waals surface area (Å²) in [5.74, 6) is 33.0. The van der Waals surface area contributed by atoms with E-state index in [1.54, 1.807) is 126 Å². The van der Waals surface area contributed by atoms with Crippen molar-refractivity contribution in [2.45, 2.75) is 105 Å². The second-order valence-corrected chi connectivity index (χ2v) is 20.5. The van der Waals surface area contributed by atoms with Crippen LogP contribution in [0.25, 0.3) is 0 Å².